The fourth-order valence-corrected chi connectivity index (χ4v) is 1.08. The maximum atomic E-state index is 10.8. The van der Waals surface area contributed by atoms with Crippen molar-refractivity contribution in [2.24, 2.45) is 0 Å². The average Bonchev–Trinajstić information content (AvgIpc) is 2.04. The van der Waals surface area contributed by atoms with Gasteiger partial charge in [-0.1, -0.05) is 30.8 Å². The standard InChI is InChI=1S/C8H7NO3S/c10-7(11)9(8(12)13)6-4-2-1-3-5-6/h1-5H,(H,10,11)(H,12,13). The Morgan fingerprint density at radius 1 is 1.23 bits per heavy atom. The molecule has 13 heavy (non-hydrogen) atoms. The number of carbonyl (C=O) groups excluding carboxylic acids is 1. The molecule has 4 nitrogen and oxygen atoms in total. The lowest BCUT2D eigenvalue weighted by molar-refractivity contribution is 0.202. The number of thiol groups is 1. The topological polar surface area (TPSA) is 57.6 Å². The zero-order valence-corrected chi connectivity index (χ0v) is 7.44. The van der Waals surface area contributed by atoms with Crippen LogP contribution in [0.15, 0.2) is 30.3 Å². The molecule has 0 saturated carbocycles. The van der Waals surface area contributed by atoms with Gasteiger partial charge in [0.05, 0.1) is 5.69 Å². The first-order valence-corrected chi connectivity index (χ1v) is 3.88. The van der Waals surface area contributed by atoms with Gasteiger partial charge in [0.1, 0.15) is 0 Å². The Kier molecular flexibility index (Phi) is 2.92. The average molecular weight is 197 g/mol. The highest BCUT2D eigenvalue weighted by Gasteiger charge is 2.18. The quantitative estimate of drug-likeness (QED) is 0.678. The molecule has 0 heterocycles. The number of imide groups is 1. The van der Waals surface area contributed by atoms with Crippen LogP contribution in [0.2, 0.25) is 0 Å². The van der Waals surface area contributed by atoms with Gasteiger partial charge in [-0.3, -0.25) is 4.79 Å². The smallest absolute Gasteiger partial charge is 0.419 e. The lowest BCUT2D eigenvalue weighted by Crippen LogP contribution is -2.31. The van der Waals surface area contributed by atoms with Crippen LogP contribution in [0.3, 0.4) is 0 Å². The molecule has 0 saturated heterocycles. The van der Waals surface area contributed by atoms with Gasteiger partial charge >= 0.3 is 6.09 Å². The molecule has 1 aromatic rings. The molecule has 2 amide bonds. The van der Waals surface area contributed by atoms with Crippen molar-refractivity contribution in [1.82, 2.24) is 0 Å². The van der Waals surface area contributed by atoms with Crippen molar-refractivity contribution >= 4 is 29.6 Å². The van der Waals surface area contributed by atoms with Gasteiger partial charge in [0.15, 0.2) is 0 Å². The van der Waals surface area contributed by atoms with E-state index in [0.717, 1.165) is 0 Å². The van der Waals surface area contributed by atoms with Crippen LogP contribution in [0, 0.1) is 0 Å². The number of hydrogen-bond acceptors (Lipinski definition) is 2. The lowest BCUT2D eigenvalue weighted by Gasteiger charge is -2.13. The Balaban J connectivity index is 3.03. The maximum Gasteiger partial charge on any atom is 0.419 e. The molecule has 1 aromatic carbocycles. The minimum absolute atomic E-state index is 0.287. The third-order valence-corrected chi connectivity index (χ3v) is 1.60. The Morgan fingerprint density at radius 2 is 1.77 bits per heavy atom. The summed E-state index contributed by atoms with van der Waals surface area (Å²) in [6.07, 6.45) is -1.34. The van der Waals surface area contributed by atoms with Crippen molar-refractivity contribution in [3.8, 4) is 0 Å². The van der Waals surface area contributed by atoms with E-state index in [-0.39, 0.29) is 5.69 Å². The predicted octanol–water partition coefficient (Wildman–Crippen LogP) is 2.22. The first-order valence-electron chi connectivity index (χ1n) is 3.44. The molecule has 0 bridgehead atoms. The molecule has 0 radical (unpaired) electrons. The van der Waals surface area contributed by atoms with Crippen LogP contribution in [0.25, 0.3) is 0 Å². The Hall–Kier alpha value is -1.49. The van der Waals surface area contributed by atoms with E-state index in [1.807, 2.05) is 0 Å². The molecule has 68 valence electrons. The van der Waals surface area contributed by atoms with Gasteiger partial charge in [-0.05, 0) is 12.1 Å². The largest absolute Gasteiger partial charge is 0.464 e. The molecule has 0 unspecified atom stereocenters. The van der Waals surface area contributed by atoms with Crippen molar-refractivity contribution < 1.29 is 14.7 Å². The third-order valence-electron chi connectivity index (χ3n) is 1.40. The highest BCUT2D eigenvalue weighted by molar-refractivity contribution is 7.97. The second kappa shape index (κ2) is 3.95. The number of nitrogens with zero attached hydrogens (tertiary/aromatic N) is 1. The third kappa shape index (κ3) is 2.22. The van der Waals surface area contributed by atoms with Crippen molar-refractivity contribution in [2.45, 2.75) is 0 Å². The summed E-state index contributed by atoms with van der Waals surface area (Å²) in [5, 5.41) is 7.83. The number of carbonyl (C=O) groups is 2. The van der Waals surface area contributed by atoms with E-state index in [0.29, 0.717) is 4.90 Å². The fraction of sp³-hybridized carbons (Fsp3) is 0. The van der Waals surface area contributed by atoms with Crippen LogP contribution in [-0.4, -0.2) is 16.4 Å². The van der Waals surface area contributed by atoms with E-state index in [1.54, 1.807) is 18.2 Å². The van der Waals surface area contributed by atoms with E-state index >= 15 is 0 Å². The summed E-state index contributed by atoms with van der Waals surface area (Å²) in [5.41, 5.74) is 0.287. The Morgan fingerprint density at radius 3 is 2.15 bits per heavy atom. The molecule has 5 heteroatoms. The van der Waals surface area contributed by atoms with E-state index in [1.165, 1.54) is 12.1 Å². The normalized spacial score (nSPS) is 9.31. The summed E-state index contributed by atoms with van der Waals surface area (Å²) in [5.74, 6) is 0. The molecule has 0 spiro atoms. The van der Waals surface area contributed by atoms with Crippen molar-refractivity contribution in [2.75, 3.05) is 4.90 Å². The van der Waals surface area contributed by atoms with Crippen LogP contribution in [0.4, 0.5) is 15.3 Å². The summed E-state index contributed by atoms with van der Waals surface area (Å²) in [6.45, 7) is 0. The van der Waals surface area contributed by atoms with Gasteiger partial charge < -0.3 is 5.11 Å². The summed E-state index contributed by atoms with van der Waals surface area (Å²) in [7, 11) is 0. The predicted molar refractivity (Wildman–Crippen MR) is 51.3 cm³/mol. The number of benzene rings is 1. The number of anilines is 1. The fourth-order valence-electron chi connectivity index (χ4n) is 0.880. The summed E-state index contributed by atoms with van der Waals surface area (Å²) < 4.78 is 0. The van der Waals surface area contributed by atoms with Gasteiger partial charge in [-0.25, -0.2) is 9.69 Å². The van der Waals surface area contributed by atoms with Crippen LogP contribution in [-0.2, 0) is 0 Å². The number of rotatable bonds is 1. The van der Waals surface area contributed by atoms with Crippen LogP contribution in [0.5, 0.6) is 0 Å². The van der Waals surface area contributed by atoms with Gasteiger partial charge in [0.25, 0.3) is 5.24 Å². The number of carboxylic acid groups (broad SMARTS) is 1. The number of amides is 2. The highest BCUT2D eigenvalue weighted by Crippen LogP contribution is 2.14. The molecule has 0 aliphatic rings. The van der Waals surface area contributed by atoms with Gasteiger partial charge in [-0.2, -0.15) is 0 Å². The lowest BCUT2D eigenvalue weighted by atomic mass is 10.3. The molecule has 0 atom stereocenters. The molecule has 0 aliphatic carbocycles. The summed E-state index contributed by atoms with van der Waals surface area (Å²) >= 11 is 3.45. The maximum absolute atomic E-state index is 10.8. The second-order valence-electron chi connectivity index (χ2n) is 2.24. The minimum Gasteiger partial charge on any atom is -0.464 e. The van der Waals surface area contributed by atoms with Crippen molar-refractivity contribution in [3.05, 3.63) is 30.3 Å². The zero-order valence-electron chi connectivity index (χ0n) is 6.54. The number of para-hydroxylation sites is 1. The second-order valence-corrected chi connectivity index (χ2v) is 2.62. The first-order chi connectivity index (χ1) is 6.13. The molecule has 1 rings (SSSR count). The van der Waals surface area contributed by atoms with Gasteiger partial charge in [0, 0.05) is 0 Å². The molecule has 0 fully saturated rings. The van der Waals surface area contributed by atoms with E-state index < -0.39 is 11.3 Å². The first kappa shape index (κ1) is 9.60. The SMILES string of the molecule is O=C(O)N(C(=O)S)c1ccccc1. The van der Waals surface area contributed by atoms with Crippen molar-refractivity contribution in [1.29, 1.82) is 0 Å². The van der Waals surface area contributed by atoms with Crippen LogP contribution < -0.4 is 4.90 Å². The minimum atomic E-state index is -1.34. The number of hydrogen-bond donors (Lipinski definition) is 2. The van der Waals surface area contributed by atoms with Crippen LogP contribution in [0.1, 0.15) is 0 Å². The summed E-state index contributed by atoms with van der Waals surface area (Å²) in [4.78, 5) is 22.0. The molecule has 1 N–H and O–H groups in total. The summed E-state index contributed by atoms with van der Waals surface area (Å²) in [6, 6.07) is 8.04. The Labute approximate surface area is 80.2 Å². The van der Waals surface area contributed by atoms with Crippen LogP contribution >= 0.6 is 12.6 Å². The molecular weight excluding hydrogens is 190 g/mol. The van der Waals surface area contributed by atoms with E-state index in [9.17, 15) is 9.59 Å². The monoisotopic (exact) mass is 197 g/mol. The zero-order chi connectivity index (χ0) is 9.84. The highest BCUT2D eigenvalue weighted by atomic mass is 32.1. The molecule has 0 aliphatic heterocycles. The van der Waals surface area contributed by atoms with E-state index in [2.05, 4.69) is 12.6 Å². The van der Waals surface area contributed by atoms with Gasteiger partial charge in [0.2, 0.25) is 0 Å². The van der Waals surface area contributed by atoms with E-state index in [4.69, 9.17) is 5.11 Å². The Bertz CT molecular complexity index is 311. The van der Waals surface area contributed by atoms with Gasteiger partial charge in [-0.15, -0.1) is 0 Å². The van der Waals surface area contributed by atoms with Crippen molar-refractivity contribution in [3.63, 3.8) is 0 Å². The molecular formula is C8H7NO3S. The molecule has 0 aromatic heterocycles.